The minimum absolute atomic E-state index is 0.00240. The molecule has 2 aliphatic carbocycles. The summed E-state index contributed by atoms with van der Waals surface area (Å²) in [5.41, 5.74) is 1.15. The van der Waals surface area contributed by atoms with Crippen LogP contribution in [0.2, 0.25) is 0 Å². The van der Waals surface area contributed by atoms with Crippen LogP contribution in [0.1, 0.15) is 23.7 Å². The molecule has 22 heavy (non-hydrogen) atoms. The highest BCUT2D eigenvalue weighted by molar-refractivity contribution is 5.98. The molecule has 3 rings (SSSR count). The maximum absolute atomic E-state index is 12.5. The number of ketones is 1. The highest BCUT2D eigenvalue weighted by atomic mass is 16.4. The molecule has 1 fully saturated rings. The van der Waals surface area contributed by atoms with Gasteiger partial charge in [0.25, 0.3) is 0 Å². The molecule has 0 spiro atoms. The van der Waals surface area contributed by atoms with Gasteiger partial charge in [-0.25, -0.2) is 0 Å². The van der Waals surface area contributed by atoms with Crippen LogP contribution in [-0.2, 0) is 9.59 Å². The van der Waals surface area contributed by atoms with Crippen molar-refractivity contribution in [2.45, 2.75) is 13.3 Å². The molecule has 1 aromatic rings. The van der Waals surface area contributed by atoms with Crippen molar-refractivity contribution in [3.8, 4) is 0 Å². The third kappa shape index (κ3) is 2.43. The molecule has 0 heterocycles. The van der Waals surface area contributed by atoms with E-state index in [4.69, 9.17) is 0 Å². The topological polar surface area (TPSA) is 83.5 Å². The monoisotopic (exact) mass is 299 g/mol. The lowest BCUT2D eigenvalue weighted by molar-refractivity contribution is -0.146. The minimum Gasteiger partial charge on any atom is -0.481 e. The van der Waals surface area contributed by atoms with Crippen molar-refractivity contribution in [2.24, 2.45) is 23.7 Å². The summed E-state index contributed by atoms with van der Waals surface area (Å²) in [6.45, 7) is 1.48. The average Bonchev–Trinajstić information content (AvgIpc) is 3.08. The Morgan fingerprint density at radius 1 is 1.05 bits per heavy atom. The Bertz CT molecular complexity index is 662. The molecular formula is C17H17NO4. The lowest BCUT2D eigenvalue weighted by atomic mass is 9.82. The molecular weight excluding hydrogens is 282 g/mol. The smallest absolute Gasteiger partial charge is 0.307 e. The number of benzene rings is 1. The lowest BCUT2D eigenvalue weighted by Gasteiger charge is -2.23. The van der Waals surface area contributed by atoms with E-state index in [2.05, 4.69) is 5.32 Å². The summed E-state index contributed by atoms with van der Waals surface area (Å²) in [5.74, 6) is -2.43. The number of Topliss-reactive ketones (excluding diaryl/α,β-unsaturated/α-hetero) is 1. The van der Waals surface area contributed by atoms with Crippen LogP contribution in [0.15, 0.2) is 36.4 Å². The molecule has 0 radical (unpaired) electrons. The Morgan fingerprint density at radius 3 is 2.18 bits per heavy atom. The number of nitrogens with one attached hydrogen (secondary N) is 1. The van der Waals surface area contributed by atoms with Gasteiger partial charge in [-0.1, -0.05) is 12.2 Å². The molecule has 1 amide bonds. The van der Waals surface area contributed by atoms with Crippen molar-refractivity contribution >= 4 is 23.3 Å². The van der Waals surface area contributed by atoms with Gasteiger partial charge in [-0.15, -0.1) is 0 Å². The standard InChI is InChI=1S/C17H17NO4/c1-9(19)10-4-6-13(7-5-10)18-16(20)14-11-2-3-12(8-11)15(14)17(21)22/h2-7,11-12,14-15H,8H2,1H3,(H,18,20)(H,21,22)/t11-,12+,14+,15-/m0/s1. The van der Waals surface area contributed by atoms with Crippen LogP contribution >= 0.6 is 0 Å². The number of allylic oxidation sites excluding steroid dienone is 2. The van der Waals surface area contributed by atoms with Crippen LogP contribution in [-0.4, -0.2) is 22.8 Å². The summed E-state index contributed by atoms with van der Waals surface area (Å²) in [6, 6.07) is 6.61. The first-order valence-electron chi connectivity index (χ1n) is 7.30. The molecule has 2 N–H and O–H groups in total. The Kier molecular flexibility index (Phi) is 3.56. The van der Waals surface area contributed by atoms with Gasteiger partial charge in [-0.3, -0.25) is 14.4 Å². The van der Waals surface area contributed by atoms with Gasteiger partial charge < -0.3 is 10.4 Å². The molecule has 2 bridgehead atoms. The van der Waals surface area contributed by atoms with E-state index in [9.17, 15) is 19.5 Å². The van der Waals surface area contributed by atoms with Crippen LogP contribution in [0.5, 0.6) is 0 Å². The SMILES string of the molecule is CC(=O)c1ccc(NC(=O)[C@H]2[C@@H](C(=O)O)[C@@H]3C=C[C@H]2C3)cc1. The van der Waals surface area contributed by atoms with Crippen molar-refractivity contribution in [1.29, 1.82) is 0 Å². The molecule has 0 aliphatic heterocycles. The van der Waals surface area contributed by atoms with Gasteiger partial charge in [-0.05, 0) is 49.4 Å². The third-order valence-corrected chi connectivity index (χ3v) is 4.61. The van der Waals surface area contributed by atoms with E-state index in [1.165, 1.54) is 6.92 Å². The van der Waals surface area contributed by atoms with Gasteiger partial charge in [0.1, 0.15) is 0 Å². The number of hydrogen-bond donors (Lipinski definition) is 2. The fourth-order valence-electron chi connectivity index (χ4n) is 3.53. The second-order valence-corrected chi connectivity index (χ2v) is 5.96. The zero-order chi connectivity index (χ0) is 15.9. The first kappa shape index (κ1) is 14.5. The molecule has 1 aromatic carbocycles. The molecule has 4 atom stereocenters. The van der Waals surface area contributed by atoms with Gasteiger partial charge in [0, 0.05) is 11.3 Å². The van der Waals surface area contributed by atoms with E-state index >= 15 is 0 Å². The third-order valence-electron chi connectivity index (χ3n) is 4.61. The number of fused-ring (bicyclic) bond motifs is 2. The highest BCUT2D eigenvalue weighted by Gasteiger charge is 2.51. The van der Waals surface area contributed by atoms with Crippen molar-refractivity contribution in [3.05, 3.63) is 42.0 Å². The fourth-order valence-corrected chi connectivity index (χ4v) is 3.53. The summed E-state index contributed by atoms with van der Waals surface area (Å²) in [7, 11) is 0. The molecule has 5 nitrogen and oxygen atoms in total. The average molecular weight is 299 g/mol. The molecule has 2 aliphatic rings. The van der Waals surface area contributed by atoms with Gasteiger partial charge in [0.05, 0.1) is 11.8 Å². The number of carbonyl (C=O) groups excluding carboxylic acids is 2. The Balaban J connectivity index is 1.75. The van der Waals surface area contributed by atoms with E-state index in [1.807, 2.05) is 12.2 Å². The number of aliphatic carboxylic acids is 1. The van der Waals surface area contributed by atoms with Crippen molar-refractivity contribution in [1.82, 2.24) is 0 Å². The summed E-state index contributed by atoms with van der Waals surface area (Å²) in [6.07, 6.45) is 4.60. The van der Waals surface area contributed by atoms with Gasteiger partial charge >= 0.3 is 5.97 Å². The van der Waals surface area contributed by atoms with E-state index in [1.54, 1.807) is 24.3 Å². The number of carbonyl (C=O) groups is 3. The Hall–Kier alpha value is -2.43. The number of rotatable bonds is 4. The van der Waals surface area contributed by atoms with Crippen LogP contribution in [0.25, 0.3) is 0 Å². The van der Waals surface area contributed by atoms with Crippen LogP contribution in [0, 0.1) is 23.7 Å². The van der Waals surface area contributed by atoms with E-state index in [0.29, 0.717) is 11.3 Å². The number of anilines is 1. The predicted molar refractivity (Wildman–Crippen MR) is 80.4 cm³/mol. The van der Waals surface area contributed by atoms with Crippen molar-refractivity contribution < 1.29 is 19.5 Å². The molecule has 0 unspecified atom stereocenters. The maximum Gasteiger partial charge on any atom is 0.307 e. The second kappa shape index (κ2) is 5.40. The van der Waals surface area contributed by atoms with Crippen LogP contribution < -0.4 is 5.32 Å². The van der Waals surface area contributed by atoms with E-state index in [-0.39, 0.29) is 23.5 Å². The van der Waals surface area contributed by atoms with E-state index < -0.39 is 17.8 Å². The highest BCUT2D eigenvalue weighted by Crippen LogP contribution is 2.48. The number of carboxylic acid groups (broad SMARTS) is 1. The zero-order valence-corrected chi connectivity index (χ0v) is 12.2. The first-order chi connectivity index (χ1) is 10.5. The number of carboxylic acids is 1. The molecule has 114 valence electrons. The fraction of sp³-hybridized carbons (Fsp3) is 0.353. The van der Waals surface area contributed by atoms with Gasteiger partial charge in [-0.2, -0.15) is 0 Å². The minimum atomic E-state index is -0.913. The van der Waals surface area contributed by atoms with Crippen LogP contribution in [0.3, 0.4) is 0 Å². The summed E-state index contributed by atoms with van der Waals surface area (Å²) >= 11 is 0. The van der Waals surface area contributed by atoms with Gasteiger partial charge in [0.15, 0.2) is 5.78 Å². The lowest BCUT2D eigenvalue weighted by Crippen LogP contribution is -2.36. The Morgan fingerprint density at radius 2 is 1.64 bits per heavy atom. The summed E-state index contributed by atoms with van der Waals surface area (Å²) in [4.78, 5) is 35.1. The second-order valence-electron chi connectivity index (χ2n) is 5.96. The van der Waals surface area contributed by atoms with Gasteiger partial charge in [0.2, 0.25) is 5.91 Å². The number of hydrogen-bond acceptors (Lipinski definition) is 3. The summed E-state index contributed by atoms with van der Waals surface area (Å²) < 4.78 is 0. The molecule has 0 aromatic heterocycles. The normalized spacial score (nSPS) is 28.6. The molecule has 0 saturated heterocycles. The molecule has 1 saturated carbocycles. The predicted octanol–water partition coefficient (Wildman–Crippen LogP) is 2.35. The Labute approximate surface area is 128 Å². The van der Waals surface area contributed by atoms with Crippen molar-refractivity contribution in [3.63, 3.8) is 0 Å². The zero-order valence-electron chi connectivity index (χ0n) is 12.2. The molecule has 5 heteroatoms. The first-order valence-corrected chi connectivity index (χ1v) is 7.30. The summed E-state index contributed by atoms with van der Waals surface area (Å²) in [5, 5.41) is 12.1. The quantitative estimate of drug-likeness (QED) is 0.660. The van der Waals surface area contributed by atoms with Crippen molar-refractivity contribution in [2.75, 3.05) is 5.32 Å². The number of amides is 1. The van der Waals surface area contributed by atoms with Crippen LogP contribution in [0.4, 0.5) is 5.69 Å². The largest absolute Gasteiger partial charge is 0.481 e. The maximum atomic E-state index is 12.5. The van der Waals surface area contributed by atoms with E-state index in [0.717, 1.165) is 6.42 Å².